The van der Waals surface area contributed by atoms with E-state index < -0.39 is 11.0 Å². The molecule has 0 saturated heterocycles. The largest absolute Gasteiger partial charge is 1.00 e. The number of para-hydroxylation sites is 1. The van der Waals surface area contributed by atoms with Gasteiger partial charge in [-0.15, -0.1) is 0 Å². The fourth-order valence-corrected chi connectivity index (χ4v) is 2.11. The molecule has 16 heavy (non-hydrogen) atoms. The molecule has 0 fully saturated rings. The third-order valence-corrected chi connectivity index (χ3v) is 3.45. The summed E-state index contributed by atoms with van der Waals surface area (Å²) < 4.78 is 13.4. The van der Waals surface area contributed by atoms with E-state index in [1.165, 1.54) is 0 Å². The number of benzene rings is 1. The van der Waals surface area contributed by atoms with Crippen molar-refractivity contribution in [1.82, 2.24) is 0 Å². The SMILES string of the molecule is CN(c1[c-]ccc[c-]1)S(=O)C(C)(C)C.[Li+].[Li+]. The van der Waals surface area contributed by atoms with E-state index in [0.29, 0.717) is 0 Å². The maximum atomic E-state index is 12.0. The summed E-state index contributed by atoms with van der Waals surface area (Å²) in [7, 11) is 0.733. The molecule has 0 heterocycles. The van der Waals surface area contributed by atoms with Crippen LogP contribution in [0.2, 0.25) is 0 Å². The van der Waals surface area contributed by atoms with Crippen LogP contribution >= 0.6 is 0 Å². The van der Waals surface area contributed by atoms with Crippen molar-refractivity contribution in [2.75, 3.05) is 11.4 Å². The molecule has 1 rings (SSSR count). The van der Waals surface area contributed by atoms with E-state index in [4.69, 9.17) is 0 Å². The van der Waals surface area contributed by atoms with Gasteiger partial charge in [0.1, 0.15) is 11.0 Å². The predicted octanol–water partition coefficient (Wildman–Crippen LogP) is -3.81. The Kier molecular flexibility index (Phi) is 8.95. The topological polar surface area (TPSA) is 20.3 Å². The fourth-order valence-electron chi connectivity index (χ4n) is 1.02. The summed E-state index contributed by atoms with van der Waals surface area (Å²) in [5, 5.41) is 0. The molecule has 0 aliphatic carbocycles. The Hall–Kier alpha value is 0.365. The van der Waals surface area contributed by atoms with E-state index >= 15 is 0 Å². The van der Waals surface area contributed by atoms with E-state index in [1.54, 1.807) is 23.5 Å². The third-order valence-electron chi connectivity index (χ3n) is 1.72. The van der Waals surface area contributed by atoms with E-state index in [0.717, 1.165) is 5.69 Å². The molecule has 2 nitrogen and oxygen atoms in total. The van der Waals surface area contributed by atoms with Crippen LogP contribution < -0.4 is 42.0 Å². The zero-order chi connectivity index (χ0) is 10.8. The Morgan fingerprint density at radius 2 is 1.62 bits per heavy atom. The van der Waals surface area contributed by atoms with Gasteiger partial charge in [-0.05, 0) is 20.8 Å². The summed E-state index contributed by atoms with van der Waals surface area (Å²) >= 11 is 0. The smallest absolute Gasteiger partial charge is 0.342 e. The Balaban J connectivity index is 0. The number of hydrogen-bond acceptors (Lipinski definition) is 1. The zero-order valence-corrected chi connectivity index (χ0v) is 11.8. The molecule has 0 spiro atoms. The molecule has 0 saturated carbocycles. The molecule has 0 aliphatic heterocycles. The van der Waals surface area contributed by atoms with E-state index in [-0.39, 0.29) is 42.5 Å². The van der Waals surface area contributed by atoms with Crippen LogP contribution in [0, 0.1) is 12.1 Å². The monoisotopic (exact) mass is 223 g/mol. The molecule has 1 aromatic carbocycles. The van der Waals surface area contributed by atoms with Gasteiger partial charge in [-0.1, -0.05) is 0 Å². The summed E-state index contributed by atoms with van der Waals surface area (Å²) in [4.78, 5) is 0. The summed E-state index contributed by atoms with van der Waals surface area (Å²) in [6.07, 6.45) is 0. The van der Waals surface area contributed by atoms with Gasteiger partial charge in [-0.25, -0.2) is 4.21 Å². The van der Waals surface area contributed by atoms with E-state index in [1.807, 2.05) is 26.8 Å². The number of hydrogen-bond donors (Lipinski definition) is 0. The summed E-state index contributed by atoms with van der Waals surface area (Å²) in [5.74, 6) is 0. The molecule has 1 atom stereocenters. The van der Waals surface area contributed by atoms with E-state index in [2.05, 4.69) is 12.1 Å². The average molecular weight is 223 g/mol. The van der Waals surface area contributed by atoms with Gasteiger partial charge >= 0.3 is 37.7 Å². The molecule has 1 aromatic rings. The van der Waals surface area contributed by atoms with Crippen molar-refractivity contribution >= 4 is 16.7 Å². The standard InChI is InChI=1S/C11H15NOS.2Li/c1-11(2,3)14(13)12(4)10-8-6-5-7-9-10;;/h5-7H,1-4H3;;/q-2;2*+1. The van der Waals surface area contributed by atoms with Crippen LogP contribution in [0.5, 0.6) is 0 Å². The van der Waals surface area contributed by atoms with Gasteiger partial charge in [0, 0.05) is 7.05 Å². The van der Waals surface area contributed by atoms with Crippen LogP contribution in [0.25, 0.3) is 0 Å². The van der Waals surface area contributed by atoms with Gasteiger partial charge < -0.3 is 16.4 Å². The van der Waals surface area contributed by atoms with Crippen molar-refractivity contribution in [3.8, 4) is 0 Å². The Morgan fingerprint density at radius 3 is 2.00 bits per heavy atom. The average Bonchev–Trinajstić information content (AvgIpc) is 2.15. The van der Waals surface area contributed by atoms with Gasteiger partial charge in [0.25, 0.3) is 0 Å². The number of nitrogens with zero attached hydrogens (tertiary/aromatic N) is 1. The van der Waals surface area contributed by atoms with Crippen molar-refractivity contribution < 1.29 is 41.9 Å². The summed E-state index contributed by atoms with van der Waals surface area (Å²) in [6.45, 7) is 5.84. The van der Waals surface area contributed by atoms with Gasteiger partial charge in [-0.3, -0.25) is 18.2 Å². The van der Waals surface area contributed by atoms with Crippen LogP contribution in [0.3, 0.4) is 0 Å². The maximum Gasteiger partial charge on any atom is 1.00 e. The quantitative estimate of drug-likeness (QED) is 0.372. The molecule has 0 bridgehead atoms. The van der Waals surface area contributed by atoms with Gasteiger partial charge in [0.15, 0.2) is 0 Å². The fraction of sp³-hybridized carbons (Fsp3) is 0.455. The molecule has 0 N–H and O–H groups in total. The van der Waals surface area contributed by atoms with Gasteiger partial charge in [0.05, 0.1) is 4.75 Å². The van der Waals surface area contributed by atoms with E-state index in [9.17, 15) is 4.21 Å². The Bertz CT molecular complexity index is 325. The van der Waals surface area contributed by atoms with Crippen LogP contribution in [0.4, 0.5) is 5.69 Å². The zero-order valence-electron chi connectivity index (χ0n) is 11.0. The van der Waals surface area contributed by atoms with Crippen molar-refractivity contribution in [1.29, 1.82) is 0 Å². The van der Waals surface area contributed by atoms with Crippen molar-refractivity contribution in [2.45, 2.75) is 25.5 Å². The molecule has 0 amide bonds. The molecular formula is C11H15Li2NOS. The van der Waals surface area contributed by atoms with Gasteiger partial charge in [0.2, 0.25) is 0 Å². The molecule has 0 radical (unpaired) electrons. The minimum Gasteiger partial charge on any atom is -0.342 e. The van der Waals surface area contributed by atoms with Crippen LogP contribution in [0.15, 0.2) is 18.2 Å². The van der Waals surface area contributed by atoms with Crippen molar-refractivity contribution in [3.05, 3.63) is 30.3 Å². The second-order valence-corrected chi connectivity index (χ2v) is 6.29. The molecule has 78 valence electrons. The maximum absolute atomic E-state index is 12.0. The minimum absolute atomic E-state index is 0. The second-order valence-electron chi connectivity index (χ2n) is 4.02. The van der Waals surface area contributed by atoms with Crippen LogP contribution in [-0.2, 0) is 11.0 Å². The molecule has 0 aliphatic rings. The van der Waals surface area contributed by atoms with Crippen molar-refractivity contribution in [3.63, 3.8) is 0 Å². The van der Waals surface area contributed by atoms with Crippen molar-refractivity contribution in [2.24, 2.45) is 0 Å². The van der Waals surface area contributed by atoms with Crippen LogP contribution in [-0.4, -0.2) is 16.0 Å². The summed E-state index contributed by atoms with van der Waals surface area (Å²) in [5.41, 5.74) is 0.737. The molecular weight excluding hydrogens is 208 g/mol. The number of rotatable bonds is 2. The minimum atomic E-state index is -1.06. The van der Waals surface area contributed by atoms with Crippen LogP contribution in [0.1, 0.15) is 20.8 Å². The first kappa shape index (κ1) is 18.7. The summed E-state index contributed by atoms with van der Waals surface area (Å²) in [6, 6.07) is 11.4. The van der Waals surface area contributed by atoms with Gasteiger partial charge in [-0.2, -0.15) is 5.69 Å². The molecule has 5 heteroatoms. The number of anilines is 1. The Morgan fingerprint density at radius 1 is 1.19 bits per heavy atom. The molecule has 1 unspecified atom stereocenters. The normalized spacial score (nSPS) is 12.0. The first-order chi connectivity index (χ1) is 6.43. The first-order valence-corrected chi connectivity index (χ1v) is 5.57. The Labute approximate surface area is 125 Å². The molecule has 0 aromatic heterocycles. The second kappa shape index (κ2) is 7.64. The predicted molar refractivity (Wildman–Crippen MR) is 60.4 cm³/mol. The third kappa shape index (κ3) is 5.13. The first-order valence-electron chi connectivity index (χ1n) is 4.47.